The number of nitro groups is 1. The quantitative estimate of drug-likeness (QED) is 0.651. The Balaban J connectivity index is 1.76. The van der Waals surface area contributed by atoms with Crippen molar-refractivity contribution in [1.29, 1.82) is 0 Å². The Morgan fingerprint density at radius 2 is 2.13 bits per heavy atom. The second-order valence-electron chi connectivity index (χ2n) is 5.73. The van der Waals surface area contributed by atoms with Gasteiger partial charge in [0.05, 0.1) is 11.0 Å². The lowest BCUT2D eigenvalue weighted by Crippen LogP contribution is -2.16. The first-order valence-corrected chi connectivity index (χ1v) is 7.72. The van der Waals surface area contributed by atoms with Crippen molar-refractivity contribution < 1.29 is 9.66 Å². The first-order chi connectivity index (χ1) is 11.2. The minimum Gasteiger partial charge on any atom is -0.381 e. The molecule has 0 aliphatic carbocycles. The van der Waals surface area contributed by atoms with Crippen molar-refractivity contribution in [3.63, 3.8) is 0 Å². The molecule has 1 fully saturated rings. The molecule has 0 amide bonds. The van der Waals surface area contributed by atoms with E-state index < -0.39 is 4.92 Å². The van der Waals surface area contributed by atoms with Crippen LogP contribution in [0.15, 0.2) is 48.7 Å². The molecule has 2 aromatic rings. The van der Waals surface area contributed by atoms with Crippen LogP contribution in [0.1, 0.15) is 24.4 Å². The van der Waals surface area contributed by atoms with Crippen molar-refractivity contribution in [2.45, 2.75) is 18.9 Å². The SMILES string of the molecule is O=[N+]([O-])c1ccc(NC(CC2CCOC2)c2ccccc2)nc1. The van der Waals surface area contributed by atoms with Gasteiger partial charge >= 0.3 is 0 Å². The highest BCUT2D eigenvalue weighted by molar-refractivity contribution is 5.42. The van der Waals surface area contributed by atoms with Gasteiger partial charge in [-0.05, 0) is 30.4 Å². The molecule has 0 bridgehead atoms. The van der Waals surface area contributed by atoms with Crippen molar-refractivity contribution in [2.24, 2.45) is 5.92 Å². The number of ether oxygens (including phenoxy) is 1. The number of pyridine rings is 1. The minimum absolute atomic E-state index is 0.00370. The predicted octanol–water partition coefficient (Wildman–Crippen LogP) is 3.57. The number of nitrogens with zero attached hydrogens (tertiary/aromatic N) is 2. The molecule has 3 rings (SSSR count). The van der Waals surface area contributed by atoms with Crippen LogP contribution in [0.4, 0.5) is 11.5 Å². The smallest absolute Gasteiger partial charge is 0.287 e. The average molecular weight is 313 g/mol. The topological polar surface area (TPSA) is 77.3 Å². The standard InChI is InChI=1S/C17H19N3O3/c21-20(22)15-6-7-17(18-11-15)19-16(10-13-8-9-23-12-13)14-4-2-1-3-5-14/h1-7,11,13,16H,8-10,12H2,(H,18,19). The second kappa shape index (κ2) is 7.19. The van der Waals surface area contributed by atoms with Crippen molar-refractivity contribution in [3.8, 4) is 0 Å². The van der Waals surface area contributed by atoms with E-state index in [0.717, 1.165) is 26.1 Å². The van der Waals surface area contributed by atoms with Crippen LogP contribution in [-0.4, -0.2) is 23.1 Å². The molecule has 0 spiro atoms. The van der Waals surface area contributed by atoms with Crippen LogP contribution < -0.4 is 5.32 Å². The summed E-state index contributed by atoms with van der Waals surface area (Å²) in [6.07, 6.45) is 3.30. The van der Waals surface area contributed by atoms with Crippen LogP contribution >= 0.6 is 0 Å². The molecule has 0 radical (unpaired) electrons. The molecule has 120 valence electrons. The Labute approximate surface area is 134 Å². The number of hydrogen-bond acceptors (Lipinski definition) is 5. The van der Waals surface area contributed by atoms with E-state index in [9.17, 15) is 10.1 Å². The Kier molecular flexibility index (Phi) is 4.83. The summed E-state index contributed by atoms with van der Waals surface area (Å²) in [5.74, 6) is 1.16. The molecular formula is C17H19N3O3. The molecule has 6 nitrogen and oxygen atoms in total. The van der Waals surface area contributed by atoms with E-state index in [-0.39, 0.29) is 11.7 Å². The fourth-order valence-electron chi connectivity index (χ4n) is 2.82. The zero-order valence-corrected chi connectivity index (χ0v) is 12.7. The summed E-state index contributed by atoms with van der Waals surface area (Å²) in [6.45, 7) is 1.61. The van der Waals surface area contributed by atoms with E-state index in [1.165, 1.54) is 17.8 Å². The fraction of sp³-hybridized carbons (Fsp3) is 0.353. The predicted molar refractivity (Wildman–Crippen MR) is 87.2 cm³/mol. The molecule has 2 atom stereocenters. The van der Waals surface area contributed by atoms with Gasteiger partial charge in [-0.1, -0.05) is 30.3 Å². The number of aromatic nitrogens is 1. The van der Waals surface area contributed by atoms with E-state index in [1.807, 2.05) is 18.2 Å². The fourth-order valence-corrected chi connectivity index (χ4v) is 2.82. The average Bonchev–Trinajstić information content (AvgIpc) is 3.09. The zero-order chi connectivity index (χ0) is 16.1. The Morgan fingerprint density at radius 1 is 1.30 bits per heavy atom. The molecule has 23 heavy (non-hydrogen) atoms. The number of benzene rings is 1. The van der Waals surface area contributed by atoms with Crippen molar-refractivity contribution >= 4 is 11.5 Å². The largest absolute Gasteiger partial charge is 0.381 e. The third-order valence-electron chi connectivity index (χ3n) is 4.08. The van der Waals surface area contributed by atoms with Crippen LogP contribution in [0.5, 0.6) is 0 Å². The van der Waals surface area contributed by atoms with Gasteiger partial charge in [-0.25, -0.2) is 4.98 Å². The third kappa shape index (κ3) is 4.04. The van der Waals surface area contributed by atoms with Crippen LogP contribution in [0.25, 0.3) is 0 Å². The summed E-state index contributed by atoms with van der Waals surface area (Å²) < 4.78 is 5.47. The first-order valence-electron chi connectivity index (χ1n) is 7.72. The maximum atomic E-state index is 10.7. The van der Waals surface area contributed by atoms with Crippen LogP contribution in [0.3, 0.4) is 0 Å². The summed E-state index contributed by atoms with van der Waals surface area (Å²) in [7, 11) is 0. The van der Waals surface area contributed by atoms with E-state index in [0.29, 0.717) is 11.7 Å². The van der Waals surface area contributed by atoms with Crippen molar-refractivity contribution in [2.75, 3.05) is 18.5 Å². The van der Waals surface area contributed by atoms with E-state index in [2.05, 4.69) is 22.4 Å². The number of rotatable bonds is 6. The van der Waals surface area contributed by atoms with Crippen molar-refractivity contribution in [1.82, 2.24) is 4.98 Å². The Bertz CT molecular complexity index is 640. The maximum Gasteiger partial charge on any atom is 0.287 e. The number of hydrogen-bond donors (Lipinski definition) is 1. The zero-order valence-electron chi connectivity index (χ0n) is 12.7. The van der Waals surface area contributed by atoms with E-state index in [4.69, 9.17) is 4.74 Å². The lowest BCUT2D eigenvalue weighted by Gasteiger charge is -2.22. The van der Waals surface area contributed by atoms with Crippen LogP contribution in [-0.2, 0) is 4.74 Å². The lowest BCUT2D eigenvalue weighted by atomic mass is 9.94. The molecule has 1 aromatic heterocycles. The van der Waals surface area contributed by atoms with Gasteiger partial charge in [0, 0.05) is 19.3 Å². The molecule has 0 saturated carbocycles. The first kappa shape index (κ1) is 15.4. The summed E-state index contributed by atoms with van der Waals surface area (Å²) in [4.78, 5) is 14.4. The molecule has 2 unspecified atom stereocenters. The minimum atomic E-state index is -0.443. The third-order valence-corrected chi connectivity index (χ3v) is 4.08. The summed E-state index contributed by atoms with van der Waals surface area (Å²) in [5, 5.41) is 14.1. The highest BCUT2D eigenvalue weighted by Crippen LogP contribution is 2.29. The van der Waals surface area contributed by atoms with Crippen LogP contribution in [0.2, 0.25) is 0 Å². The number of anilines is 1. The van der Waals surface area contributed by atoms with Gasteiger partial charge in [0.15, 0.2) is 0 Å². The van der Waals surface area contributed by atoms with Gasteiger partial charge in [0.2, 0.25) is 0 Å². The molecule has 1 aromatic carbocycles. The molecule has 2 heterocycles. The Hall–Kier alpha value is -2.47. The lowest BCUT2D eigenvalue weighted by molar-refractivity contribution is -0.385. The Morgan fingerprint density at radius 3 is 2.74 bits per heavy atom. The molecular weight excluding hydrogens is 294 g/mol. The van der Waals surface area contributed by atoms with E-state index in [1.54, 1.807) is 6.07 Å². The summed E-state index contributed by atoms with van der Waals surface area (Å²) in [6, 6.07) is 13.4. The van der Waals surface area contributed by atoms with Gasteiger partial charge in [-0.2, -0.15) is 0 Å². The van der Waals surface area contributed by atoms with Gasteiger partial charge in [-0.3, -0.25) is 10.1 Å². The highest BCUT2D eigenvalue weighted by Gasteiger charge is 2.22. The van der Waals surface area contributed by atoms with Crippen molar-refractivity contribution in [3.05, 3.63) is 64.3 Å². The van der Waals surface area contributed by atoms with Crippen LogP contribution in [0, 0.1) is 16.0 Å². The van der Waals surface area contributed by atoms with Gasteiger partial charge in [-0.15, -0.1) is 0 Å². The van der Waals surface area contributed by atoms with Gasteiger partial charge < -0.3 is 10.1 Å². The monoisotopic (exact) mass is 313 g/mol. The molecule has 1 saturated heterocycles. The molecule has 6 heteroatoms. The number of nitrogens with one attached hydrogen (secondary N) is 1. The van der Waals surface area contributed by atoms with Gasteiger partial charge in [0.1, 0.15) is 12.0 Å². The molecule has 1 aliphatic rings. The second-order valence-corrected chi connectivity index (χ2v) is 5.73. The maximum absolute atomic E-state index is 10.7. The summed E-state index contributed by atoms with van der Waals surface area (Å²) >= 11 is 0. The summed E-state index contributed by atoms with van der Waals surface area (Å²) in [5.41, 5.74) is 1.18. The molecule has 1 aliphatic heterocycles. The van der Waals surface area contributed by atoms with Gasteiger partial charge in [0.25, 0.3) is 5.69 Å². The normalized spacial score (nSPS) is 18.5. The van der Waals surface area contributed by atoms with E-state index >= 15 is 0 Å². The molecule has 1 N–H and O–H groups in total. The highest BCUT2D eigenvalue weighted by atomic mass is 16.6.